The molecule has 0 amide bonds. The van der Waals surface area contributed by atoms with Crippen molar-refractivity contribution in [3.05, 3.63) is 42.0 Å². The minimum absolute atomic E-state index is 0.132. The smallest absolute Gasteiger partial charge is 0.128 e. The minimum atomic E-state index is -0.661. The van der Waals surface area contributed by atoms with Crippen molar-refractivity contribution in [1.29, 1.82) is 5.41 Å². The van der Waals surface area contributed by atoms with Gasteiger partial charge in [0.2, 0.25) is 0 Å². The standard InChI is InChI=1S/C11H11F2N3/c12-7-4-8(13)6-9(5-7)16-3-1-2-10(14)11(16)15/h1-2,4-6,10,15H,3,14H2. The van der Waals surface area contributed by atoms with Crippen molar-refractivity contribution in [2.75, 3.05) is 11.4 Å². The fourth-order valence-corrected chi connectivity index (χ4v) is 1.62. The van der Waals surface area contributed by atoms with Gasteiger partial charge >= 0.3 is 0 Å². The summed E-state index contributed by atoms with van der Waals surface area (Å²) in [5.74, 6) is -1.19. The number of amidine groups is 1. The third kappa shape index (κ3) is 1.94. The number of nitrogens with one attached hydrogen (secondary N) is 1. The molecule has 0 aliphatic carbocycles. The normalized spacial score (nSPS) is 20.3. The Morgan fingerprint density at radius 2 is 1.88 bits per heavy atom. The van der Waals surface area contributed by atoms with Gasteiger partial charge in [-0.05, 0) is 12.1 Å². The van der Waals surface area contributed by atoms with E-state index in [9.17, 15) is 8.78 Å². The number of benzene rings is 1. The first kappa shape index (κ1) is 10.8. The second kappa shape index (κ2) is 4.02. The van der Waals surface area contributed by atoms with E-state index in [1.807, 2.05) is 0 Å². The summed E-state index contributed by atoms with van der Waals surface area (Å²) >= 11 is 0. The Balaban J connectivity index is 2.37. The van der Waals surface area contributed by atoms with Crippen LogP contribution in [0.4, 0.5) is 14.5 Å². The highest BCUT2D eigenvalue weighted by Gasteiger charge is 2.20. The van der Waals surface area contributed by atoms with Crippen molar-refractivity contribution < 1.29 is 8.78 Å². The summed E-state index contributed by atoms with van der Waals surface area (Å²) in [6.07, 6.45) is 3.46. The van der Waals surface area contributed by atoms with Crippen molar-refractivity contribution in [2.45, 2.75) is 6.04 Å². The van der Waals surface area contributed by atoms with Crippen LogP contribution in [0, 0.1) is 17.0 Å². The van der Waals surface area contributed by atoms with Gasteiger partial charge in [-0.2, -0.15) is 0 Å². The average Bonchev–Trinajstić information content (AvgIpc) is 2.20. The lowest BCUT2D eigenvalue weighted by Gasteiger charge is -2.29. The van der Waals surface area contributed by atoms with Crippen LogP contribution in [0.3, 0.4) is 0 Å². The van der Waals surface area contributed by atoms with E-state index >= 15 is 0 Å². The molecule has 3 nitrogen and oxygen atoms in total. The number of halogens is 2. The van der Waals surface area contributed by atoms with E-state index in [1.165, 1.54) is 17.0 Å². The fourth-order valence-electron chi connectivity index (χ4n) is 1.62. The molecule has 0 spiro atoms. The van der Waals surface area contributed by atoms with E-state index in [1.54, 1.807) is 12.2 Å². The maximum absolute atomic E-state index is 13.0. The number of anilines is 1. The molecule has 16 heavy (non-hydrogen) atoms. The van der Waals surface area contributed by atoms with Gasteiger partial charge in [-0.1, -0.05) is 12.2 Å². The van der Waals surface area contributed by atoms with E-state index in [2.05, 4.69) is 0 Å². The van der Waals surface area contributed by atoms with E-state index in [4.69, 9.17) is 11.1 Å². The Morgan fingerprint density at radius 3 is 2.50 bits per heavy atom. The van der Waals surface area contributed by atoms with Crippen LogP contribution in [0.15, 0.2) is 30.4 Å². The summed E-state index contributed by atoms with van der Waals surface area (Å²) in [6.45, 7) is 0.398. The topological polar surface area (TPSA) is 53.1 Å². The number of rotatable bonds is 1. The van der Waals surface area contributed by atoms with Crippen LogP contribution in [-0.2, 0) is 0 Å². The summed E-state index contributed by atoms with van der Waals surface area (Å²) in [6, 6.07) is 2.64. The molecule has 1 atom stereocenters. The Hall–Kier alpha value is -1.75. The summed E-state index contributed by atoms with van der Waals surface area (Å²) in [7, 11) is 0. The second-order valence-electron chi connectivity index (χ2n) is 3.58. The van der Waals surface area contributed by atoms with Gasteiger partial charge in [0.15, 0.2) is 0 Å². The van der Waals surface area contributed by atoms with Gasteiger partial charge in [-0.25, -0.2) is 8.78 Å². The molecule has 3 N–H and O–H groups in total. The number of nitrogens with zero attached hydrogens (tertiary/aromatic N) is 1. The average molecular weight is 223 g/mol. The van der Waals surface area contributed by atoms with Gasteiger partial charge in [0.25, 0.3) is 0 Å². The zero-order valence-electron chi connectivity index (χ0n) is 8.45. The maximum atomic E-state index is 13.0. The van der Waals surface area contributed by atoms with Gasteiger partial charge in [0, 0.05) is 18.3 Å². The second-order valence-corrected chi connectivity index (χ2v) is 3.58. The maximum Gasteiger partial charge on any atom is 0.128 e. The molecular weight excluding hydrogens is 212 g/mol. The van der Waals surface area contributed by atoms with Crippen LogP contribution in [0.1, 0.15) is 0 Å². The zero-order valence-corrected chi connectivity index (χ0v) is 8.45. The van der Waals surface area contributed by atoms with Gasteiger partial charge < -0.3 is 10.6 Å². The lowest BCUT2D eigenvalue weighted by molar-refractivity contribution is 0.583. The van der Waals surface area contributed by atoms with Crippen molar-refractivity contribution in [2.24, 2.45) is 5.73 Å². The van der Waals surface area contributed by atoms with Gasteiger partial charge in [-0.3, -0.25) is 5.41 Å². The fraction of sp³-hybridized carbons (Fsp3) is 0.182. The SMILES string of the molecule is N=C1C(N)C=CCN1c1cc(F)cc(F)c1. The molecule has 0 bridgehead atoms. The number of hydrogen-bond acceptors (Lipinski definition) is 2. The summed E-state index contributed by atoms with van der Waals surface area (Å²) in [5, 5.41) is 7.74. The van der Waals surface area contributed by atoms with Crippen molar-refractivity contribution >= 4 is 11.5 Å². The highest BCUT2D eigenvalue weighted by molar-refractivity contribution is 6.01. The molecule has 84 valence electrons. The Labute approximate surface area is 91.7 Å². The van der Waals surface area contributed by atoms with Crippen LogP contribution >= 0.6 is 0 Å². The molecule has 2 rings (SSSR count). The largest absolute Gasteiger partial charge is 0.325 e. The lowest BCUT2D eigenvalue weighted by atomic mass is 10.1. The quantitative estimate of drug-likeness (QED) is 0.711. The van der Waals surface area contributed by atoms with Crippen LogP contribution in [-0.4, -0.2) is 18.4 Å². The molecule has 1 unspecified atom stereocenters. The van der Waals surface area contributed by atoms with Crippen LogP contribution < -0.4 is 10.6 Å². The summed E-state index contributed by atoms with van der Waals surface area (Å²) in [4.78, 5) is 1.47. The molecule has 1 aliphatic rings. The van der Waals surface area contributed by atoms with Gasteiger partial charge in [0.05, 0.1) is 6.04 Å². The molecule has 5 heteroatoms. The van der Waals surface area contributed by atoms with E-state index in [0.29, 0.717) is 12.2 Å². The lowest BCUT2D eigenvalue weighted by Crippen LogP contribution is -2.45. The Bertz CT molecular complexity index is 436. The van der Waals surface area contributed by atoms with Crippen LogP contribution in [0.5, 0.6) is 0 Å². The molecule has 0 radical (unpaired) electrons. The van der Waals surface area contributed by atoms with Gasteiger partial charge in [0.1, 0.15) is 17.5 Å². The van der Waals surface area contributed by atoms with Crippen molar-refractivity contribution in [3.8, 4) is 0 Å². The summed E-state index contributed by atoms with van der Waals surface area (Å²) < 4.78 is 26.0. The predicted octanol–water partition coefficient (Wildman–Crippen LogP) is 1.65. The van der Waals surface area contributed by atoms with E-state index in [0.717, 1.165) is 6.07 Å². The Kier molecular flexibility index (Phi) is 2.70. The highest BCUT2D eigenvalue weighted by Crippen LogP contribution is 2.20. The van der Waals surface area contributed by atoms with Crippen LogP contribution in [0.25, 0.3) is 0 Å². The summed E-state index contributed by atoms with van der Waals surface area (Å²) in [5.41, 5.74) is 5.95. The molecular formula is C11H11F2N3. The Morgan fingerprint density at radius 1 is 1.25 bits per heavy atom. The molecule has 0 fully saturated rings. The third-order valence-electron chi connectivity index (χ3n) is 2.40. The van der Waals surface area contributed by atoms with E-state index in [-0.39, 0.29) is 5.84 Å². The molecule has 0 saturated heterocycles. The van der Waals surface area contributed by atoms with Crippen molar-refractivity contribution in [3.63, 3.8) is 0 Å². The first-order chi connectivity index (χ1) is 7.58. The van der Waals surface area contributed by atoms with Crippen LogP contribution in [0.2, 0.25) is 0 Å². The zero-order chi connectivity index (χ0) is 11.7. The van der Waals surface area contributed by atoms with E-state index < -0.39 is 17.7 Å². The molecule has 1 heterocycles. The third-order valence-corrected chi connectivity index (χ3v) is 2.40. The van der Waals surface area contributed by atoms with Gasteiger partial charge in [-0.15, -0.1) is 0 Å². The minimum Gasteiger partial charge on any atom is -0.325 e. The predicted molar refractivity (Wildman–Crippen MR) is 58.5 cm³/mol. The first-order valence-corrected chi connectivity index (χ1v) is 4.82. The highest BCUT2D eigenvalue weighted by atomic mass is 19.1. The van der Waals surface area contributed by atoms with Crippen molar-refractivity contribution in [1.82, 2.24) is 0 Å². The molecule has 1 aromatic rings. The monoisotopic (exact) mass is 223 g/mol. The first-order valence-electron chi connectivity index (χ1n) is 4.82. The number of nitrogens with two attached hydrogens (primary N) is 1. The molecule has 1 aromatic carbocycles. The molecule has 0 aromatic heterocycles. The molecule has 0 saturated carbocycles. The molecule has 1 aliphatic heterocycles. The number of hydrogen-bond donors (Lipinski definition) is 2.